The van der Waals surface area contributed by atoms with Gasteiger partial charge in [-0.2, -0.15) is 5.10 Å². The lowest BCUT2D eigenvalue weighted by Gasteiger charge is -2.06. The van der Waals surface area contributed by atoms with Gasteiger partial charge in [0.1, 0.15) is 5.65 Å². The van der Waals surface area contributed by atoms with Gasteiger partial charge < -0.3 is 9.88 Å². The third-order valence-corrected chi connectivity index (χ3v) is 4.16. The van der Waals surface area contributed by atoms with Gasteiger partial charge in [-0.1, -0.05) is 11.6 Å². The average molecular weight is 304 g/mol. The summed E-state index contributed by atoms with van der Waals surface area (Å²) >= 11 is 6.35. The van der Waals surface area contributed by atoms with E-state index in [4.69, 9.17) is 11.6 Å². The Morgan fingerprint density at radius 2 is 2.19 bits per heavy atom. The predicted molar refractivity (Wildman–Crippen MR) is 84.6 cm³/mol. The lowest BCUT2D eigenvalue weighted by molar-refractivity contribution is 0.669. The van der Waals surface area contributed by atoms with Crippen LogP contribution in [0.15, 0.2) is 24.5 Å². The minimum absolute atomic E-state index is 0.660. The molecule has 0 amide bonds. The van der Waals surface area contributed by atoms with Crippen LogP contribution in [0.2, 0.25) is 5.02 Å². The van der Waals surface area contributed by atoms with E-state index >= 15 is 0 Å². The van der Waals surface area contributed by atoms with Gasteiger partial charge in [0, 0.05) is 31.4 Å². The molecule has 0 spiro atoms. The lowest BCUT2D eigenvalue weighted by atomic mass is 10.2. The summed E-state index contributed by atoms with van der Waals surface area (Å²) in [6.45, 7) is 3.39. The summed E-state index contributed by atoms with van der Waals surface area (Å²) in [6, 6.07) is 4.06. The minimum atomic E-state index is 0.660. The van der Waals surface area contributed by atoms with E-state index in [0.29, 0.717) is 6.54 Å². The lowest BCUT2D eigenvalue weighted by Crippen LogP contribution is -2.06. The van der Waals surface area contributed by atoms with E-state index < -0.39 is 0 Å². The van der Waals surface area contributed by atoms with Crippen LogP contribution in [0.5, 0.6) is 0 Å². The Kier molecular flexibility index (Phi) is 3.69. The Balaban J connectivity index is 2.08. The number of rotatable bonds is 4. The SMILES string of the molecule is CNCc1cn(Cc2c(Cl)c(C)nn2C)c2ncccc12. The monoisotopic (exact) mass is 303 g/mol. The van der Waals surface area contributed by atoms with Gasteiger partial charge in [-0.05, 0) is 31.7 Å². The molecule has 0 saturated heterocycles. The van der Waals surface area contributed by atoms with Gasteiger partial charge in [-0.15, -0.1) is 0 Å². The van der Waals surface area contributed by atoms with E-state index in [9.17, 15) is 0 Å². The molecule has 0 bridgehead atoms. The molecule has 3 heterocycles. The number of aryl methyl sites for hydroxylation is 2. The Morgan fingerprint density at radius 1 is 1.38 bits per heavy atom. The Bertz CT molecular complexity index is 787. The summed E-state index contributed by atoms with van der Waals surface area (Å²) in [7, 11) is 3.86. The number of aromatic nitrogens is 4. The number of fused-ring (bicyclic) bond motifs is 1. The van der Waals surface area contributed by atoms with Crippen LogP contribution >= 0.6 is 11.6 Å². The summed E-state index contributed by atoms with van der Waals surface area (Å²) in [6.07, 6.45) is 3.95. The highest BCUT2D eigenvalue weighted by Gasteiger charge is 2.14. The third kappa shape index (κ3) is 2.43. The van der Waals surface area contributed by atoms with E-state index in [1.54, 1.807) is 0 Å². The Morgan fingerprint density at radius 3 is 2.86 bits per heavy atom. The molecule has 1 N–H and O–H groups in total. The maximum absolute atomic E-state index is 6.35. The van der Waals surface area contributed by atoms with Gasteiger partial charge in [-0.3, -0.25) is 4.68 Å². The van der Waals surface area contributed by atoms with Crippen LogP contribution in [0.25, 0.3) is 11.0 Å². The first-order chi connectivity index (χ1) is 10.1. The van der Waals surface area contributed by atoms with E-state index in [-0.39, 0.29) is 0 Å². The van der Waals surface area contributed by atoms with Crippen LogP contribution < -0.4 is 5.32 Å². The van der Waals surface area contributed by atoms with Crippen molar-refractivity contribution in [2.24, 2.45) is 7.05 Å². The molecule has 0 aliphatic heterocycles. The maximum Gasteiger partial charge on any atom is 0.140 e. The quantitative estimate of drug-likeness (QED) is 0.805. The fourth-order valence-corrected chi connectivity index (χ4v) is 2.88. The van der Waals surface area contributed by atoms with Gasteiger partial charge in [-0.25, -0.2) is 4.98 Å². The fourth-order valence-electron chi connectivity index (χ4n) is 2.66. The van der Waals surface area contributed by atoms with Crippen LogP contribution in [0, 0.1) is 6.92 Å². The van der Waals surface area contributed by atoms with Crippen LogP contribution in [-0.2, 0) is 20.1 Å². The van der Waals surface area contributed by atoms with Crippen LogP contribution in [0.4, 0.5) is 0 Å². The van der Waals surface area contributed by atoms with Crippen molar-refractivity contribution in [3.05, 3.63) is 46.5 Å². The average Bonchev–Trinajstić information content (AvgIpc) is 2.93. The van der Waals surface area contributed by atoms with E-state index in [1.165, 1.54) is 10.9 Å². The first-order valence-corrected chi connectivity index (χ1v) is 7.25. The van der Waals surface area contributed by atoms with Crippen molar-refractivity contribution in [3.8, 4) is 0 Å². The van der Waals surface area contributed by atoms with Crippen LogP contribution in [-0.4, -0.2) is 26.4 Å². The van der Waals surface area contributed by atoms with E-state index in [2.05, 4.69) is 32.2 Å². The molecule has 0 saturated carbocycles. The second kappa shape index (κ2) is 5.50. The molecule has 6 heteroatoms. The molecule has 110 valence electrons. The first-order valence-electron chi connectivity index (χ1n) is 6.87. The molecule has 3 rings (SSSR count). The highest BCUT2D eigenvalue weighted by atomic mass is 35.5. The maximum atomic E-state index is 6.35. The van der Waals surface area contributed by atoms with Crippen LogP contribution in [0.1, 0.15) is 17.0 Å². The van der Waals surface area contributed by atoms with Crippen molar-refractivity contribution in [1.82, 2.24) is 24.6 Å². The third-order valence-electron chi connectivity index (χ3n) is 3.67. The summed E-state index contributed by atoms with van der Waals surface area (Å²) in [5.41, 5.74) is 4.05. The van der Waals surface area contributed by atoms with Crippen molar-refractivity contribution in [2.75, 3.05) is 7.05 Å². The zero-order valence-electron chi connectivity index (χ0n) is 12.4. The van der Waals surface area contributed by atoms with Crippen molar-refractivity contribution in [1.29, 1.82) is 0 Å². The van der Waals surface area contributed by atoms with Crippen molar-refractivity contribution >= 4 is 22.6 Å². The zero-order chi connectivity index (χ0) is 15.0. The highest BCUT2D eigenvalue weighted by Crippen LogP contribution is 2.24. The van der Waals surface area contributed by atoms with E-state index in [1.807, 2.05) is 38.0 Å². The molecule has 21 heavy (non-hydrogen) atoms. The predicted octanol–water partition coefficient (Wildman–Crippen LogP) is 2.50. The molecule has 3 aromatic heterocycles. The van der Waals surface area contributed by atoms with E-state index in [0.717, 1.165) is 28.6 Å². The largest absolute Gasteiger partial charge is 0.326 e. The smallest absolute Gasteiger partial charge is 0.140 e. The number of nitrogens with zero attached hydrogens (tertiary/aromatic N) is 4. The molecule has 0 fully saturated rings. The van der Waals surface area contributed by atoms with Gasteiger partial charge in [0.2, 0.25) is 0 Å². The molecule has 0 unspecified atom stereocenters. The second-order valence-electron chi connectivity index (χ2n) is 5.16. The van der Waals surface area contributed by atoms with Crippen molar-refractivity contribution in [2.45, 2.75) is 20.0 Å². The second-order valence-corrected chi connectivity index (χ2v) is 5.53. The summed E-state index contributed by atoms with van der Waals surface area (Å²) in [5, 5.41) is 9.46. The molecule has 0 atom stereocenters. The Hall–Kier alpha value is -1.85. The summed E-state index contributed by atoms with van der Waals surface area (Å²) in [5.74, 6) is 0. The van der Waals surface area contributed by atoms with Gasteiger partial charge in [0.05, 0.1) is 23.0 Å². The zero-order valence-corrected chi connectivity index (χ0v) is 13.1. The molecule has 0 aliphatic rings. The molecule has 3 aromatic rings. The molecule has 5 nitrogen and oxygen atoms in total. The number of nitrogens with one attached hydrogen (secondary N) is 1. The number of hydrogen-bond donors (Lipinski definition) is 1. The fraction of sp³-hybridized carbons (Fsp3) is 0.333. The first kappa shape index (κ1) is 14.1. The standard InChI is InChI=1S/C15H18ClN5/c1-10-14(16)13(20(3)19-10)9-21-8-11(7-17-2)12-5-4-6-18-15(12)21/h4-6,8,17H,7,9H2,1-3H3. The molecular weight excluding hydrogens is 286 g/mol. The van der Waals surface area contributed by atoms with Crippen LogP contribution in [0.3, 0.4) is 0 Å². The number of pyridine rings is 1. The minimum Gasteiger partial charge on any atom is -0.326 e. The number of hydrogen-bond acceptors (Lipinski definition) is 3. The Labute approximate surface area is 128 Å². The van der Waals surface area contributed by atoms with Gasteiger partial charge in [0.25, 0.3) is 0 Å². The normalized spacial score (nSPS) is 11.4. The molecular formula is C15H18ClN5. The number of halogens is 1. The van der Waals surface area contributed by atoms with Crippen molar-refractivity contribution < 1.29 is 0 Å². The summed E-state index contributed by atoms with van der Waals surface area (Å²) < 4.78 is 3.97. The molecule has 0 radical (unpaired) electrons. The van der Waals surface area contributed by atoms with Gasteiger partial charge in [0.15, 0.2) is 0 Å². The molecule has 0 aromatic carbocycles. The summed E-state index contributed by atoms with van der Waals surface area (Å²) in [4.78, 5) is 4.51. The molecule has 0 aliphatic carbocycles. The highest BCUT2D eigenvalue weighted by molar-refractivity contribution is 6.31. The van der Waals surface area contributed by atoms with Gasteiger partial charge >= 0.3 is 0 Å². The topological polar surface area (TPSA) is 47.7 Å². The van der Waals surface area contributed by atoms with Crippen molar-refractivity contribution in [3.63, 3.8) is 0 Å².